The van der Waals surface area contributed by atoms with Gasteiger partial charge >= 0.3 is 0 Å². The van der Waals surface area contributed by atoms with E-state index >= 15 is 0 Å². The third kappa shape index (κ3) is 3.79. The highest BCUT2D eigenvalue weighted by Crippen LogP contribution is 2.28. The van der Waals surface area contributed by atoms with E-state index in [1.807, 2.05) is 18.2 Å². The highest BCUT2D eigenvalue weighted by Gasteiger charge is 2.28. The van der Waals surface area contributed by atoms with Crippen molar-refractivity contribution < 1.29 is 5.11 Å². The van der Waals surface area contributed by atoms with Gasteiger partial charge in [0.2, 0.25) is 0 Å². The van der Waals surface area contributed by atoms with Crippen molar-refractivity contribution in [2.24, 2.45) is 5.73 Å². The van der Waals surface area contributed by atoms with E-state index in [1.54, 1.807) is 0 Å². The van der Waals surface area contributed by atoms with Crippen LogP contribution in [0.3, 0.4) is 0 Å². The van der Waals surface area contributed by atoms with E-state index in [9.17, 15) is 0 Å². The second kappa shape index (κ2) is 6.66. The van der Waals surface area contributed by atoms with Crippen molar-refractivity contribution in [2.45, 2.75) is 31.3 Å². The van der Waals surface area contributed by atoms with Crippen molar-refractivity contribution >= 4 is 15.9 Å². The molecule has 1 aliphatic carbocycles. The molecule has 3 nitrogen and oxygen atoms in total. The highest BCUT2D eigenvalue weighted by atomic mass is 79.9. The lowest BCUT2D eigenvalue weighted by Crippen LogP contribution is -2.32. The molecule has 1 unspecified atom stereocenters. The first-order chi connectivity index (χ1) is 8.72. The fourth-order valence-corrected chi connectivity index (χ4v) is 2.86. The zero-order valence-corrected chi connectivity index (χ0v) is 12.1. The first kappa shape index (κ1) is 14.0. The smallest absolute Gasteiger partial charge is 0.0558 e. The Morgan fingerprint density at radius 1 is 1.33 bits per heavy atom. The third-order valence-corrected chi connectivity index (χ3v) is 4.20. The lowest BCUT2D eigenvalue weighted by Gasteiger charge is -2.23. The third-order valence-electron chi connectivity index (χ3n) is 3.48. The molecule has 1 atom stereocenters. The number of halogens is 1. The molecule has 100 valence electrons. The number of rotatable bonds is 7. The molecule has 1 aromatic rings. The molecule has 0 bridgehead atoms. The minimum Gasteiger partial charge on any atom is -0.395 e. The predicted octanol–water partition coefficient (Wildman–Crippen LogP) is 2.30. The van der Waals surface area contributed by atoms with Crippen LogP contribution in [0.15, 0.2) is 28.7 Å². The molecule has 1 saturated carbocycles. The number of hydrogen-bond donors (Lipinski definition) is 2. The van der Waals surface area contributed by atoms with Gasteiger partial charge in [0, 0.05) is 29.6 Å². The minimum absolute atomic E-state index is 0.0560. The van der Waals surface area contributed by atoms with Gasteiger partial charge in [0.05, 0.1) is 6.61 Å². The topological polar surface area (TPSA) is 49.5 Å². The number of hydrogen-bond acceptors (Lipinski definition) is 3. The van der Waals surface area contributed by atoms with E-state index in [1.165, 1.54) is 12.8 Å². The van der Waals surface area contributed by atoms with Gasteiger partial charge in [0.25, 0.3) is 0 Å². The molecule has 1 aliphatic rings. The van der Waals surface area contributed by atoms with Gasteiger partial charge in [-0.25, -0.2) is 0 Å². The van der Waals surface area contributed by atoms with Gasteiger partial charge in [-0.2, -0.15) is 0 Å². The van der Waals surface area contributed by atoms with Gasteiger partial charge in [-0.05, 0) is 30.9 Å². The molecule has 1 fully saturated rings. The molecule has 0 amide bonds. The Bertz CT molecular complexity index is 382. The van der Waals surface area contributed by atoms with Crippen LogP contribution < -0.4 is 5.73 Å². The van der Waals surface area contributed by atoms with Crippen LogP contribution in [0.4, 0.5) is 0 Å². The summed E-state index contributed by atoms with van der Waals surface area (Å²) in [6.45, 7) is 1.97. The van der Waals surface area contributed by atoms with Crippen LogP contribution in [0, 0.1) is 0 Å². The van der Waals surface area contributed by atoms with Crippen LogP contribution in [0.2, 0.25) is 0 Å². The second-order valence-corrected chi connectivity index (χ2v) is 5.76. The monoisotopic (exact) mass is 312 g/mol. The first-order valence-corrected chi connectivity index (χ1v) is 7.36. The number of benzene rings is 1. The molecular weight excluding hydrogens is 292 g/mol. The van der Waals surface area contributed by atoms with Crippen LogP contribution in [0.1, 0.15) is 30.9 Å². The van der Waals surface area contributed by atoms with E-state index in [2.05, 4.69) is 26.9 Å². The maximum atomic E-state index is 9.06. The standard InChI is InChI=1S/C14H21BrN2O/c15-13-4-2-1-3-12(13)14(16)7-8-17(9-10-18)11-5-6-11/h1-4,11,14,18H,5-10,16H2. The van der Waals surface area contributed by atoms with Crippen molar-refractivity contribution in [3.8, 4) is 0 Å². The molecular formula is C14H21BrN2O. The minimum atomic E-state index is 0.0560. The van der Waals surface area contributed by atoms with E-state index in [0.29, 0.717) is 6.04 Å². The Labute approximate surface area is 117 Å². The summed E-state index contributed by atoms with van der Waals surface area (Å²) in [5, 5.41) is 9.06. The molecule has 0 spiro atoms. The molecule has 0 heterocycles. The fourth-order valence-electron chi connectivity index (χ4n) is 2.28. The molecule has 4 heteroatoms. The Kier molecular flexibility index (Phi) is 5.18. The molecule has 2 rings (SSSR count). The zero-order chi connectivity index (χ0) is 13.0. The quantitative estimate of drug-likeness (QED) is 0.812. The maximum Gasteiger partial charge on any atom is 0.0558 e. The van der Waals surface area contributed by atoms with Gasteiger partial charge in [0.1, 0.15) is 0 Å². The van der Waals surface area contributed by atoms with Crippen molar-refractivity contribution in [2.75, 3.05) is 19.7 Å². The van der Waals surface area contributed by atoms with Gasteiger partial charge in [-0.3, -0.25) is 4.90 Å². The predicted molar refractivity (Wildman–Crippen MR) is 77.4 cm³/mol. The zero-order valence-electron chi connectivity index (χ0n) is 10.6. The molecule has 18 heavy (non-hydrogen) atoms. The van der Waals surface area contributed by atoms with Crippen LogP contribution in [-0.2, 0) is 0 Å². The SMILES string of the molecule is NC(CCN(CCO)C1CC1)c1ccccc1Br. The average Bonchev–Trinajstić information content (AvgIpc) is 3.19. The number of nitrogens with two attached hydrogens (primary N) is 1. The van der Waals surface area contributed by atoms with E-state index < -0.39 is 0 Å². The highest BCUT2D eigenvalue weighted by molar-refractivity contribution is 9.10. The summed E-state index contributed by atoms with van der Waals surface area (Å²) in [6, 6.07) is 8.86. The van der Waals surface area contributed by atoms with Crippen LogP contribution in [-0.4, -0.2) is 35.7 Å². The van der Waals surface area contributed by atoms with Crippen LogP contribution >= 0.6 is 15.9 Å². The molecule has 1 aromatic carbocycles. The largest absolute Gasteiger partial charge is 0.395 e. The summed E-state index contributed by atoms with van der Waals surface area (Å²) in [7, 11) is 0. The number of nitrogens with zero attached hydrogens (tertiary/aromatic N) is 1. The van der Waals surface area contributed by atoms with Crippen LogP contribution in [0.25, 0.3) is 0 Å². The molecule has 0 saturated heterocycles. The van der Waals surface area contributed by atoms with E-state index in [-0.39, 0.29) is 12.6 Å². The van der Waals surface area contributed by atoms with E-state index in [0.717, 1.165) is 29.5 Å². The Balaban J connectivity index is 1.87. The molecule has 3 N–H and O–H groups in total. The summed E-state index contributed by atoms with van der Waals surface area (Å²) in [5.41, 5.74) is 7.41. The van der Waals surface area contributed by atoms with Crippen molar-refractivity contribution in [3.05, 3.63) is 34.3 Å². The summed E-state index contributed by atoms with van der Waals surface area (Å²) in [5.74, 6) is 0. The maximum absolute atomic E-state index is 9.06. The summed E-state index contributed by atoms with van der Waals surface area (Å²) < 4.78 is 1.08. The average molecular weight is 313 g/mol. The van der Waals surface area contributed by atoms with Gasteiger partial charge in [-0.15, -0.1) is 0 Å². The lowest BCUT2D eigenvalue weighted by atomic mass is 10.0. The number of aliphatic hydroxyl groups excluding tert-OH is 1. The normalized spacial score (nSPS) is 17.1. The van der Waals surface area contributed by atoms with Gasteiger partial charge in [-0.1, -0.05) is 34.1 Å². The van der Waals surface area contributed by atoms with E-state index in [4.69, 9.17) is 10.8 Å². The lowest BCUT2D eigenvalue weighted by molar-refractivity contribution is 0.185. The van der Waals surface area contributed by atoms with Gasteiger partial charge in [0.15, 0.2) is 0 Å². The number of aliphatic hydroxyl groups is 1. The molecule has 0 aliphatic heterocycles. The fraction of sp³-hybridized carbons (Fsp3) is 0.571. The summed E-state index contributed by atoms with van der Waals surface area (Å²) >= 11 is 3.54. The Morgan fingerprint density at radius 2 is 2.06 bits per heavy atom. The molecule has 0 radical (unpaired) electrons. The van der Waals surface area contributed by atoms with Crippen molar-refractivity contribution in [1.29, 1.82) is 0 Å². The second-order valence-electron chi connectivity index (χ2n) is 4.91. The summed E-state index contributed by atoms with van der Waals surface area (Å²) in [6.07, 6.45) is 3.47. The molecule has 0 aromatic heterocycles. The van der Waals surface area contributed by atoms with Gasteiger partial charge < -0.3 is 10.8 Å². The first-order valence-electron chi connectivity index (χ1n) is 6.57. The van der Waals surface area contributed by atoms with Crippen LogP contribution in [0.5, 0.6) is 0 Å². The van der Waals surface area contributed by atoms with Crippen molar-refractivity contribution in [1.82, 2.24) is 4.90 Å². The Morgan fingerprint density at radius 3 is 2.67 bits per heavy atom. The van der Waals surface area contributed by atoms with Crippen molar-refractivity contribution in [3.63, 3.8) is 0 Å². The summed E-state index contributed by atoms with van der Waals surface area (Å²) in [4.78, 5) is 2.36. The Hall–Kier alpha value is -0.420.